The van der Waals surface area contributed by atoms with Crippen molar-refractivity contribution in [3.8, 4) is 11.1 Å². The fraction of sp³-hybridized carbons (Fsp3) is 0.0909. The van der Waals surface area contributed by atoms with E-state index in [4.69, 9.17) is 5.11 Å². The molecule has 0 radical (unpaired) electrons. The van der Waals surface area contributed by atoms with Crippen LogP contribution in [0.1, 0.15) is 0 Å². The van der Waals surface area contributed by atoms with Gasteiger partial charge in [0.15, 0.2) is 5.82 Å². The molecule has 0 aliphatic heterocycles. The minimum atomic E-state index is -3.67. The van der Waals surface area contributed by atoms with E-state index < -0.39 is 21.0 Å². The van der Waals surface area contributed by atoms with Crippen LogP contribution in [0, 0.1) is 10.1 Å². The van der Waals surface area contributed by atoms with Crippen molar-refractivity contribution < 1.29 is 23.2 Å². The number of nitro groups is 1. The minimum absolute atomic E-state index is 0.146. The van der Waals surface area contributed by atoms with Gasteiger partial charge in [0.05, 0.1) is 11.2 Å². The zero-order valence-corrected chi connectivity index (χ0v) is 11.9. The van der Waals surface area contributed by atoms with Gasteiger partial charge in [0, 0.05) is 23.9 Å². The predicted molar refractivity (Wildman–Crippen MR) is 76.2 cm³/mol. The van der Waals surface area contributed by atoms with Gasteiger partial charge in [-0.25, -0.2) is 13.2 Å². The summed E-state index contributed by atoms with van der Waals surface area (Å²) in [5.74, 6) is -0.182. The summed E-state index contributed by atoms with van der Waals surface area (Å²) < 4.78 is 25.3. The lowest BCUT2D eigenvalue weighted by molar-refractivity contribution is -0.384. The number of aromatic nitrogens is 2. The first-order chi connectivity index (χ1) is 10.2. The molecule has 2 rings (SSSR count). The van der Waals surface area contributed by atoms with E-state index in [1.54, 1.807) is 0 Å². The lowest BCUT2D eigenvalue weighted by atomic mass is 10.1. The molecular formula is C11H10N4O6S. The maximum Gasteiger partial charge on any atom is 0.432 e. The normalized spacial score (nSPS) is 11.1. The molecule has 0 saturated heterocycles. The first kappa shape index (κ1) is 15.4. The van der Waals surface area contributed by atoms with Gasteiger partial charge in [-0.05, 0) is 17.7 Å². The van der Waals surface area contributed by atoms with E-state index >= 15 is 0 Å². The maximum atomic E-state index is 11.3. The van der Waals surface area contributed by atoms with Gasteiger partial charge in [-0.1, -0.05) is 0 Å². The first-order valence-corrected chi connectivity index (χ1v) is 7.62. The number of hydrogen-bond acceptors (Lipinski definition) is 6. The average Bonchev–Trinajstić information content (AvgIpc) is 2.80. The van der Waals surface area contributed by atoms with Gasteiger partial charge >= 0.3 is 6.09 Å². The molecule has 0 aliphatic rings. The highest BCUT2D eigenvalue weighted by Gasteiger charge is 2.17. The molecule has 0 bridgehead atoms. The zero-order valence-electron chi connectivity index (χ0n) is 11.1. The predicted octanol–water partition coefficient (Wildman–Crippen LogP) is 1.36. The molecule has 22 heavy (non-hydrogen) atoms. The molecule has 0 atom stereocenters. The van der Waals surface area contributed by atoms with Crippen LogP contribution in [0.3, 0.4) is 0 Å². The Balaban J connectivity index is 2.52. The van der Waals surface area contributed by atoms with E-state index in [0.29, 0.717) is 10.2 Å². The summed E-state index contributed by atoms with van der Waals surface area (Å²) in [6, 6.07) is 5.18. The molecule has 0 fully saturated rings. The van der Waals surface area contributed by atoms with Gasteiger partial charge in [-0.3, -0.25) is 14.8 Å². The van der Waals surface area contributed by atoms with Gasteiger partial charge in [0.1, 0.15) is 0 Å². The highest BCUT2D eigenvalue weighted by atomic mass is 32.2. The molecule has 0 saturated carbocycles. The van der Waals surface area contributed by atoms with Gasteiger partial charge in [-0.2, -0.15) is 4.68 Å². The molecule has 2 N–H and O–H groups in total. The number of non-ortho nitro benzene ring substituents is 1. The minimum Gasteiger partial charge on any atom is -0.463 e. The maximum absolute atomic E-state index is 11.3. The van der Waals surface area contributed by atoms with Crippen LogP contribution in [0.25, 0.3) is 11.1 Å². The van der Waals surface area contributed by atoms with Gasteiger partial charge in [0.2, 0.25) is 10.0 Å². The molecule has 1 heterocycles. The Morgan fingerprint density at radius 2 is 1.95 bits per heavy atom. The number of rotatable bonds is 4. The van der Waals surface area contributed by atoms with Gasteiger partial charge in [-0.15, -0.1) is 5.10 Å². The number of anilines is 1. The second-order valence-corrected chi connectivity index (χ2v) is 6.05. The third-order valence-corrected chi connectivity index (χ3v) is 3.15. The molecule has 0 spiro atoms. The number of nitro benzene ring substituents is 1. The Bertz CT molecular complexity index is 840. The standard InChI is InChI=1S/C11H10N4O6S/c1-22(20,21)13-10-9(6-14(12-10)11(16)17)7-2-4-8(5-3-7)15(18)19/h2-6H,1H3,(H,12,13)(H,16,17). The molecule has 10 nitrogen and oxygen atoms in total. The fourth-order valence-electron chi connectivity index (χ4n) is 1.70. The van der Waals surface area contributed by atoms with Crippen LogP contribution in [-0.4, -0.2) is 40.6 Å². The number of sulfonamides is 1. The second-order valence-electron chi connectivity index (χ2n) is 4.30. The van der Waals surface area contributed by atoms with Crippen LogP contribution in [0.4, 0.5) is 16.3 Å². The van der Waals surface area contributed by atoms with Gasteiger partial charge < -0.3 is 5.11 Å². The molecule has 1 aromatic carbocycles. The lowest BCUT2D eigenvalue weighted by Crippen LogP contribution is -2.13. The summed E-state index contributed by atoms with van der Waals surface area (Å²) >= 11 is 0. The number of benzene rings is 1. The van der Waals surface area contributed by atoms with E-state index in [1.807, 2.05) is 0 Å². The molecule has 1 aromatic heterocycles. The van der Waals surface area contributed by atoms with Crippen LogP contribution >= 0.6 is 0 Å². The number of nitrogens with zero attached hydrogens (tertiary/aromatic N) is 3. The fourth-order valence-corrected chi connectivity index (χ4v) is 2.20. The monoisotopic (exact) mass is 326 g/mol. The topological polar surface area (TPSA) is 144 Å². The Morgan fingerprint density at radius 3 is 2.41 bits per heavy atom. The van der Waals surface area contributed by atoms with Crippen molar-refractivity contribution in [2.75, 3.05) is 11.0 Å². The largest absolute Gasteiger partial charge is 0.463 e. The number of nitrogens with one attached hydrogen (secondary N) is 1. The third-order valence-electron chi connectivity index (χ3n) is 2.58. The van der Waals surface area contributed by atoms with Crippen LogP contribution in [0.15, 0.2) is 30.5 Å². The van der Waals surface area contributed by atoms with Crippen LogP contribution < -0.4 is 4.72 Å². The summed E-state index contributed by atoms with van der Waals surface area (Å²) in [6.45, 7) is 0. The van der Waals surface area contributed by atoms with E-state index in [2.05, 4.69) is 9.82 Å². The van der Waals surface area contributed by atoms with Gasteiger partial charge in [0.25, 0.3) is 5.69 Å². The summed E-state index contributed by atoms with van der Waals surface area (Å²) in [6.07, 6.45) is 0.605. The highest BCUT2D eigenvalue weighted by Crippen LogP contribution is 2.29. The van der Waals surface area contributed by atoms with Crippen molar-refractivity contribution in [1.82, 2.24) is 9.78 Å². The SMILES string of the molecule is CS(=O)(=O)Nc1nn(C(=O)O)cc1-c1ccc([N+](=O)[O-])cc1. The molecule has 2 aromatic rings. The summed E-state index contributed by atoms with van der Waals surface area (Å²) in [5.41, 5.74) is 0.416. The Labute approximate surface area is 124 Å². The zero-order chi connectivity index (χ0) is 16.5. The van der Waals surface area contributed by atoms with Crippen molar-refractivity contribution in [1.29, 1.82) is 0 Å². The highest BCUT2D eigenvalue weighted by molar-refractivity contribution is 7.92. The summed E-state index contributed by atoms with van der Waals surface area (Å²) in [5, 5.41) is 23.2. The van der Waals surface area contributed by atoms with Crippen molar-refractivity contribution in [3.05, 3.63) is 40.6 Å². The number of hydrogen-bond donors (Lipinski definition) is 2. The molecule has 11 heteroatoms. The second kappa shape index (κ2) is 5.44. The Kier molecular flexibility index (Phi) is 3.82. The third kappa shape index (κ3) is 3.38. The van der Waals surface area contributed by atoms with Crippen molar-refractivity contribution in [2.45, 2.75) is 0 Å². The molecule has 0 aliphatic carbocycles. The molecule has 116 valence electrons. The van der Waals surface area contributed by atoms with E-state index in [0.717, 1.165) is 12.5 Å². The Morgan fingerprint density at radius 1 is 1.36 bits per heavy atom. The summed E-state index contributed by atoms with van der Waals surface area (Å²) in [4.78, 5) is 21.0. The van der Waals surface area contributed by atoms with Crippen molar-refractivity contribution in [3.63, 3.8) is 0 Å². The van der Waals surface area contributed by atoms with E-state index in [1.165, 1.54) is 24.3 Å². The molecule has 0 unspecified atom stereocenters. The van der Waals surface area contributed by atoms with Crippen LogP contribution in [0.2, 0.25) is 0 Å². The van der Waals surface area contributed by atoms with E-state index in [-0.39, 0.29) is 17.1 Å². The molecule has 0 amide bonds. The first-order valence-electron chi connectivity index (χ1n) is 5.73. The number of carboxylic acid groups (broad SMARTS) is 1. The van der Waals surface area contributed by atoms with Crippen LogP contribution in [0.5, 0.6) is 0 Å². The summed E-state index contributed by atoms with van der Waals surface area (Å²) in [7, 11) is -3.67. The average molecular weight is 326 g/mol. The lowest BCUT2D eigenvalue weighted by Gasteiger charge is -2.03. The van der Waals surface area contributed by atoms with Crippen LogP contribution in [-0.2, 0) is 10.0 Å². The van der Waals surface area contributed by atoms with Crippen molar-refractivity contribution >= 4 is 27.6 Å². The van der Waals surface area contributed by atoms with E-state index in [9.17, 15) is 23.3 Å². The Hall–Kier alpha value is -2.95. The smallest absolute Gasteiger partial charge is 0.432 e. The van der Waals surface area contributed by atoms with Crippen molar-refractivity contribution in [2.24, 2.45) is 0 Å². The number of carbonyl (C=O) groups is 1. The quantitative estimate of drug-likeness (QED) is 0.637. The molecular weight excluding hydrogens is 316 g/mol.